The van der Waals surface area contributed by atoms with Gasteiger partial charge in [-0.25, -0.2) is 4.68 Å². The number of hydrazone groups is 1. The molecular weight excluding hydrogens is 499 g/mol. The van der Waals surface area contributed by atoms with Crippen LogP contribution in [0.4, 0.5) is 18.9 Å². The Morgan fingerprint density at radius 1 is 1.16 bits per heavy atom. The van der Waals surface area contributed by atoms with E-state index in [0.29, 0.717) is 16.7 Å². The van der Waals surface area contributed by atoms with Crippen LogP contribution in [-0.2, 0) is 0 Å². The maximum absolute atomic E-state index is 12.4. The first-order valence-electron chi connectivity index (χ1n) is 12.0. The molecule has 0 saturated heterocycles. The summed E-state index contributed by atoms with van der Waals surface area (Å²) in [5.74, 6) is 0.394. The standard InChI is InChI=1S/C27H28F3N5OS/c1-18(2)23-5-3-4-6-25(23)32-26(37)33-31-17-19-7-9-20(10-8-19)24-15-16-35(34-24)21-11-13-22(14-12-21)36-27(28,29)30/h3-6,9,11-19H,7-8,10H2,1-2H3,(H2,32,33,37)/b31-17+. The van der Waals surface area contributed by atoms with Gasteiger partial charge in [-0.05, 0) is 90.9 Å². The molecule has 0 saturated carbocycles. The number of nitrogens with one attached hydrogen (secondary N) is 2. The minimum atomic E-state index is -4.71. The fourth-order valence-corrected chi connectivity index (χ4v) is 4.29. The van der Waals surface area contributed by atoms with E-state index in [1.807, 2.05) is 30.5 Å². The van der Waals surface area contributed by atoms with Crippen molar-refractivity contribution in [2.45, 2.75) is 45.4 Å². The molecule has 37 heavy (non-hydrogen) atoms. The second-order valence-electron chi connectivity index (χ2n) is 9.04. The molecule has 1 heterocycles. The van der Waals surface area contributed by atoms with Crippen molar-refractivity contribution in [3.63, 3.8) is 0 Å². The SMILES string of the molecule is CC(C)c1ccccc1NC(=S)N/N=C/C1CC=C(c2ccn(-c3ccc(OC(F)(F)F)cc3)n2)CC1. The number of nitrogens with zero attached hydrogens (tertiary/aromatic N) is 3. The fraction of sp³-hybridized carbons (Fsp3) is 0.296. The van der Waals surface area contributed by atoms with Gasteiger partial charge in [0.15, 0.2) is 5.11 Å². The average molecular weight is 528 g/mol. The van der Waals surface area contributed by atoms with E-state index in [2.05, 4.69) is 51.7 Å². The Balaban J connectivity index is 1.29. The molecule has 4 rings (SSSR count). The highest BCUT2D eigenvalue weighted by molar-refractivity contribution is 7.80. The highest BCUT2D eigenvalue weighted by Gasteiger charge is 2.31. The lowest BCUT2D eigenvalue weighted by atomic mass is 9.89. The summed E-state index contributed by atoms with van der Waals surface area (Å²) in [7, 11) is 0. The maximum Gasteiger partial charge on any atom is 0.573 e. The molecule has 1 aromatic heterocycles. The summed E-state index contributed by atoms with van der Waals surface area (Å²) in [6.45, 7) is 4.28. The summed E-state index contributed by atoms with van der Waals surface area (Å²) in [6, 6.07) is 15.6. The molecule has 10 heteroatoms. The number of para-hydroxylation sites is 1. The van der Waals surface area contributed by atoms with Gasteiger partial charge in [0, 0.05) is 18.1 Å². The van der Waals surface area contributed by atoms with Gasteiger partial charge in [-0.15, -0.1) is 13.2 Å². The number of halogens is 3. The first-order chi connectivity index (χ1) is 17.7. The monoisotopic (exact) mass is 527 g/mol. The number of anilines is 1. The molecule has 2 N–H and O–H groups in total. The second kappa shape index (κ2) is 11.6. The molecule has 1 atom stereocenters. The lowest BCUT2D eigenvalue weighted by molar-refractivity contribution is -0.274. The van der Waals surface area contributed by atoms with E-state index in [4.69, 9.17) is 12.2 Å². The van der Waals surface area contributed by atoms with Crippen LogP contribution in [0.1, 0.15) is 50.3 Å². The number of allylic oxidation sites excluding steroid dienone is 2. The molecule has 1 unspecified atom stereocenters. The predicted molar refractivity (Wildman–Crippen MR) is 144 cm³/mol. The molecule has 0 bridgehead atoms. The zero-order chi connectivity index (χ0) is 26.4. The highest BCUT2D eigenvalue weighted by atomic mass is 32.1. The molecular formula is C27H28F3N5OS. The van der Waals surface area contributed by atoms with Crippen molar-refractivity contribution in [2.75, 3.05) is 5.32 Å². The van der Waals surface area contributed by atoms with Gasteiger partial charge in [-0.2, -0.15) is 10.2 Å². The number of ether oxygens (including phenoxy) is 1. The van der Waals surface area contributed by atoms with E-state index in [1.54, 1.807) is 10.9 Å². The van der Waals surface area contributed by atoms with Crippen molar-refractivity contribution in [1.82, 2.24) is 15.2 Å². The van der Waals surface area contributed by atoms with Gasteiger partial charge in [-0.1, -0.05) is 38.1 Å². The Morgan fingerprint density at radius 3 is 2.59 bits per heavy atom. The van der Waals surface area contributed by atoms with E-state index in [-0.39, 0.29) is 11.7 Å². The average Bonchev–Trinajstić information content (AvgIpc) is 3.34. The number of alkyl halides is 3. The molecule has 3 aromatic rings. The highest BCUT2D eigenvalue weighted by Crippen LogP contribution is 2.29. The largest absolute Gasteiger partial charge is 0.573 e. The Kier molecular flexibility index (Phi) is 8.27. The van der Waals surface area contributed by atoms with Gasteiger partial charge in [0.1, 0.15) is 5.75 Å². The van der Waals surface area contributed by atoms with Crippen molar-refractivity contribution in [2.24, 2.45) is 11.0 Å². The van der Waals surface area contributed by atoms with Gasteiger partial charge >= 0.3 is 6.36 Å². The van der Waals surface area contributed by atoms with Crippen molar-refractivity contribution in [3.05, 3.63) is 78.1 Å². The van der Waals surface area contributed by atoms with Gasteiger partial charge in [0.25, 0.3) is 0 Å². The zero-order valence-electron chi connectivity index (χ0n) is 20.5. The van der Waals surface area contributed by atoms with E-state index < -0.39 is 6.36 Å². The Bertz CT molecular complexity index is 1280. The van der Waals surface area contributed by atoms with E-state index in [1.165, 1.54) is 29.8 Å². The minimum Gasteiger partial charge on any atom is -0.406 e. The molecule has 194 valence electrons. The third kappa shape index (κ3) is 7.42. The van der Waals surface area contributed by atoms with Crippen LogP contribution in [0, 0.1) is 5.92 Å². The predicted octanol–water partition coefficient (Wildman–Crippen LogP) is 7.05. The van der Waals surface area contributed by atoms with Crippen molar-refractivity contribution in [3.8, 4) is 11.4 Å². The van der Waals surface area contributed by atoms with Gasteiger partial charge in [0.2, 0.25) is 0 Å². The molecule has 2 aromatic carbocycles. The smallest absolute Gasteiger partial charge is 0.406 e. The Hall–Kier alpha value is -3.66. The quantitative estimate of drug-likeness (QED) is 0.196. The maximum atomic E-state index is 12.4. The lowest BCUT2D eigenvalue weighted by Gasteiger charge is -2.18. The van der Waals surface area contributed by atoms with Crippen LogP contribution >= 0.6 is 12.2 Å². The molecule has 6 nitrogen and oxygen atoms in total. The summed E-state index contributed by atoms with van der Waals surface area (Å²) in [5.41, 5.74) is 7.70. The van der Waals surface area contributed by atoms with Crippen LogP contribution in [0.2, 0.25) is 0 Å². The topological polar surface area (TPSA) is 63.5 Å². The zero-order valence-corrected chi connectivity index (χ0v) is 21.3. The van der Waals surface area contributed by atoms with Gasteiger partial charge in [-0.3, -0.25) is 5.43 Å². The lowest BCUT2D eigenvalue weighted by Crippen LogP contribution is -2.25. The van der Waals surface area contributed by atoms with Crippen LogP contribution in [0.25, 0.3) is 11.3 Å². The Labute approximate surface area is 219 Å². The third-order valence-corrected chi connectivity index (χ3v) is 6.18. The number of rotatable bonds is 7. The first kappa shape index (κ1) is 26.4. The first-order valence-corrected chi connectivity index (χ1v) is 12.4. The van der Waals surface area contributed by atoms with E-state index >= 15 is 0 Å². The molecule has 0 amide bonds. The Morgan fingerprint density at radius 2 is 1.92 bits per heavy atom. The van der Waals surface area contributed by atoms with Crippen molar-refractivity contribution in [1.29, 1.82) is 0 Å². The fourth-order valence-electron chi connectivity index (χ4n) is 4.13. The minimum absolute atomic E-state index is 0.266. The van der Waals surface area contributed by atoms with E-state index in [9.17, 15) is 13.2 Å². The number of hydrogen-bond acceptors (Lipinski definition) is 4. The van der Waals surface area contributed by atoms with Crippen LogP contribution in [0.3, 0.4) is 0 Å². The third-order valence-electron chi connectivity index (χ3n) is 5.99. The number of hydrogen-bond donors (Lipinski definition) is 2. The molecule has 1 aliphatic carbocycles. The summed E-state index contributed by atoms with van der Waals surface area (Å²) in [4.78, 5) is 0. The molecule has 0 fully saturated rings. The van der Waals surface area contributed by atoms with Crippen molar-refractivity contribution < 1.29 is 17.9 Å². The summed E-state index contributed by atoms with van der Waals surface area (Å²) >= 11 is 5.39. The van der Waals surface area contributed by atoms with Crippen LogP contribution in [-0.4, -0.2) is 27.5 Å². The normalized spacial score (nSPS) is 16.1. The van der Waals surface area contributed by atoms with Gasteiger partial charge < -0.3 is 10.1 Å². The summed E-state index contributed by atoms with van der Waals surface area (Å²) in [5, 5.41) is 12.6. The number of thiocarbonyl (C=S) groups is 1. The van der Waals surface area contributed by atoms with Crippen LogP contribution in [0.15, 0.2) is 72.0 Å². The van der Waals surface area contributed by atoms with Crippen LogP contribution < -0.4 is 15.5 Å². The molecule has 0 radical (unpaired) electrons. The van der Waals surface area contributed by atoms with Crippen LogP contribution in [0.5, 0.6) is 5.75 Å². The second-order valence-corrected chi connectivity index (χ2v) is 9.45. The van der Waals surface area contributed by atoms with Gasteiger partial charge in [0.05, 0.1) is 11.4 Å². The number of benzene rings is 2. The van der Waals surface area contributed by atoms with E-state index in [0.717, 1.165) is 36.2 Å². The summed E-state index contributed by atoms with van der Waals surface area (Å²) in [6.07, 6.45) is 3.71. The summed E-state index contributed by atoms with van der Waals surface area (Å²) < 4.78 is 42.6. The molecule has 1 aliphatic rings. The number of aromatic nitrogens is 2. The van der Waals surface area contributed by atoms with Crippen molar-refractivity contribution >= 4 is 34.8 Å². The molecule has 0 spiro atoms. The molecule has 0 aliphatic heterocycles.